The second kappa shape index (κ2) is 6.68. The number of nitrogens with zero attached hydrogens (tertiary/aromatic N) is 2. The molecule has 1 aliphatic heterocycles. The number of rotatable bonds is 2. The molecule has 2 aromatic carbocycles. The minimum Gasteiger partial charge on any atom is -0.346 e. The highest BCUT2D eigenvalue weighted by molar-refractivity contribution is 6.02. The van der Waals surface area contributed by atoms with Crippen molar-refractivity contribution < 1.29 is 18.0 Å². The normalized spacial score (nSPS) is 22.6. The van der Waals surface area contributed by atoms with E-state index in [0.717, 1.165) is 17.0 Å². The molecule has 1 aliphatic rings. The monoisotopic (exact) mass is 386 g/mol. The number of alkyl halides is 3. The van der Waals surface area contributed by atoms with Crippen molar-refractivity contribution in [2.75, 3.05) is 7.05 Å². The van der Waals surface area contributed by atoms with Gasteiger partial charge in [-0.2, -0.15) is 18.4 Å². The molecule has 28 heavy (non-hydrogen) atoms. The maximum Gasteiger partial charge on any atom is 0.416 e. The van der Waals surface area contributed by atoms with E-state index < -0.39 is 29.1 Å². The molecule has 1 saturated heterocycles. The van der Waals surface area contributed by atoms with E-state index in [0.29, 0.717) is 16.7 Å². The highest BCUT2D eigenvalue weighted by atomic mass is 19.4. The molecule has 0 aliphatic carbocycles. The summed E-state index contributed by atoms with van der Waals surface area (Å²) >= 11 is 0. The number of nitrogens with one attached hydrogen (secondary N) is 2. The molecule has 2 N–H and O–H groups in total. The Labute approximate surface area is 159 Å². The largest absolute Gasteiger partial charge is 0.416 e. The number of carbonyl (C=O) groups excluding carboxylic acids is 1. The van der Waals surface area contributed by atoms with Gasteiger partial charge in [-0.05, 0) is 42.3 Å². The molecule has 0 bridgehead atoms. The van der Waals surface area contributed by atoms with Crippen molar-refractivity contribution in [3.63, 3.8) is 0 Å². The fourth-order valence-corrected chi connectivity index (χ4v) is 3.44. The van der Waals surface area contributed by atoms with E-state index in [-0.39, 0.29) is 5.96 Å². The van der Waals surface area contributed by atoms with Gasteiger partial charge in [-0.15, -0.1) is 0 Å². The Morgan fingerprint density at radius 1 is 1.21 bits per heavy atom. The molecule has 0 unspecified atom stereocenters. The number of nitriles is 1. The predicted octanol–water partition coefficient (Wildman–Crippen LogP) is 3.57. The van der Waals surface area contributed by atoms with Crippen LogP contribution in [0, 0.1) is 16.7 Å². The van der Waals surface area contributed by atoms with Crippen molar-refractivity contribution in [1.82, 2.24) is 10.2 Å². The van der Waals surface area contributed by atoms with Crippen LogP contribution in [0.1, 0.15) is 35.1 Å². The SMILES string of the molecule is CN1C(=N)N[C@](C)(c2cccc(C#N)c2)[C@@H](c2ccc(C(F)(F)F)cc2)C1=O. The molecule has 0 aromatic heterocycles. The molecule has 144 valence electrons. The van der Waals surface area contributed by atoms with Gasteiger partial charge in [0.2, 0.25) is 5.91 Å². The van der Waals surface area contributed by atoms with Crippen molar-refractivity contribution in [3.8, 4) is 6.07 Å². The summed E-state index contributed by atoms with van der Waals surface area (Å²) in [6.07, 6.45) is -4.48. The molecule has 1 amide bonds. The summed E-state index contributed by atoms with van der Waals surface area (Å²) in [5.41, 5.74) is -0.573. The number of halogens is 3. The molecule has 1 heterocycles. The first kappa shape index (κ1) is 19.4. The smallest absolute Gasteiger partial charge is 0.346 e. The van der Waals surface area contributed by atoms with E-state index in [1.807, 2.05) is 6.07 Å². The second-order valence-electron chi connectivity index (χ2n) is 6.82. The topological polar surface area (TPSA) is 80.0 Å². The average molecular weight is 386 g/mol. The van der Waals surface area contributed by atoms with Crippen molar-refractivity contribution in [3.05, 3.63) is 70.8 Å². The van der Waals surface area contributed by atoms with Crippen LogP contribution in [0.25, 0.3) is 0 Å². The fraction of sp³-hybridized carbons (Fsp3) is 0.250. The molecule has 3 rings (SSSR count). The van der Waals surface area contributed by atoms with Crippen LogP contribution < -0.4 is 5.32 Å². The first-order valence-corrected chi connectivity index (χ1v) is 8.40. The Balaban J connectivity index is 2.14. The number of hydrogen-bond acceptors (Lipinski definition) is 3. The van der Waals surface area contributed by atoms with Gasteiger partial charge in [0, 0.05) is 7.05 Å². The second-order valence-corrected chi connectivity index (χ2v) is 6.82. The van der Waals surface area contributed by atoms with Crippen LogP contribution in [-0.2, 0) is 16.5 Å². The van der Waals surface area contributed by atoms with Crippen LogP contribution >= 0.6 is 0 Å². The molecule has 0 saturated carbocycles. The minimum atomic E-state index is -4.48. The third-order valence-corrected chi connectivity index (χ3v) is 5.03. The van der Waals surface area contributed by atoms with Crippen LogP contribution in [0.5, 0.6) is 0 Å². The Morgan fingerprint density at radius 3 is 2.43 bits per heavy atom. The fourth-order valence-electron chi connectivity index (χ4n) is 3.44. The molecule has 5 nitrogen and oxygen atoms in total. The molecule has 8 heteroatoms. The van der Waals surface area contributed by atoms with Gasteiger partial charge in [0.05, 0.1) is 28.7 Å². The lowest BCUT2D eigenvalue weighted by atomic mass is 9.73. The van der Waals surface area contributed by atoms with Crippen LogP contribution in [0.2, 0.25) is 0 Å². The highest BCUT2D eigenvalue weighted by Gasteiger charge is 2.48. The third-order valence-electron chi connectivity index (χ3n) is 5.03. The van der Waals surface area contributed by atoms with E-state index in [1.165, 1.54) is 19.2 Å². The Bertz CT molecular complexity index is 978. The average Bonchev–Trinajstić information content (AvgIpc) is 2.66. The number of hydrogen-bond donors (Lipinski definition) is 2. The summed E-state index contributed by atoms with van der Waals surface area (Å²) in [7, 11) is 1.43. The Morgan fingerprint density at radius 2 is 1.86 bits per heavy atom. The number of guanidine groups is 1. The Hall–Kier alpha value is -3.34. The highest BCUT2D eigenvalue weighted by Crippen LogP contribution is 2.41. The quantitative estimate of drug-likeness (QED) is 0.828. The van der Waals surface area contributed by atoms with Crippen LogP contribution in [-0.4, -0.2) is 23.8 Å². The van der Waals surface area contributed by atoms with E-state index in [9.17, 15) is 23.2 Å². The number of benzene rings is 2. The first-order chi connectivity index (χ1) is 13.1. The molecular formula is C20H17F3N4O. The van der Waals surface area contributed by atoms with Gasteiger partial charge >= 0.3 is 6.18 Å². The lowest BCUT2D eigenvalue weighted by Crippen LogP contribution is -2.62. The summed E-state index contributed by atoms with van der Waals surface area (Å²) in [5, 5.41) is 20.3. The Kier molecular flexibility index (Phi) is 4.63. The lowest BCUT2D eigenvalue weighted by Gasteiger charge is -2.46. The zero-order valence-electron chi connectivity index (χ0n) is 15.1. The molecule has 0 spiro atoms. The van der Waals surface area contributed by atoms with E-state index in [2.05, 4.69) is 5.32 Å². The minimum absolute atomic E-state index is 0.127. The van der Waals surface area contributed by atoms with Crippen LogP contribution in [0.4, 0.5) is 13.2 Å². The van der Waals surface area contributed by atoms with Gasteiger partial charge in [-0.1, -0.05) is 24.3 Å². The van der Waals surface area contributed by atoms with E-state index >= 15 is 0 Å². The third kappa shape index (κ3) is 3.20. The molecule has 2 atom stereocenters. The summed E-state index contributed by atoms with van der Waals surface area (Å²) in [4.78, 5) is 14.1. The van der Waals surface area contributed by atoms with Crippen molar-refractivity contribution >= 4 is 11.9 Å². The predicted molar refractivity (Wildman–Crippen MR) is 96.3 cm³/mol. The number of amides is 1. The summed E-state index contributed by atoms with van der Waals surface area (Å²) < 4.78 is 38.7. The van der Waals surface area contributed by atoms with Crippen molar-refractivity contribution in [2.24, 2.45) is 0 Å². The van der Waals surface area contributed by atoms with Crippen molar-refractivity contribution in [1.29, 1.82) is 10.7 Å². The van der Waals surface area contributed by atoms with Gasteiger partial charge in [0.1, 0.15) is 0 Å². The zero-order chi connectivity index (χ0) is 20.7. The standard InChI is InChI=1S/C20H17F3N4O/c1-19(15-5-3-4-12(10-15)11-24)16(17(28)27(2)18(25)26-19)13-6-8-14(9-7-13)20(21,22)23/h3-10,16H,1-2H3,(H2,25,26)/t16-,19+/m0/s1. The van der Waals surface area contributed by atoms with Gasteiger partial charge in [-0.25, -0.2) is 0 Å². The zero-order valence-corrected chi connectivity index (χ0v) is 15.1. The van der Waals surface area contributed by atoms with Gasteiger partial charge in [-0.3, -0.25) is 15.1 Å². The summed E-state index contributed by atoms with van der Waals surface area (Å²) in [6.45, 7) is 1.70. The maximum atomic E-state index is 13.0. The molecule has 2 aromatic rings. The summed E-state index contributed by atoms with van der Waals surface area (Å²) in [5.74, 6) is -1.44. The molecule has 0 radical (unpaired) electrons. The van der Waals surface area contributed by atoms with Gasteiger partial charge in [0.25, 0.3) is 0 Å². The van der Waals surface area contributed by atoms with Crippen LogP contribution in [0.15, 0.2) is 48.5 Å². The number of likely N-dealkylation sites (N-methyl/N-ethyl adjacent to an activating group) is 1. The van der Waals surface area contributed by atoms with E-state index in [4.69, 9.17) is 5.41 Å². The van der Waals surface area contributed by atoms with Crippen molar-refractivity contribution in [2.45, 2.75) is 24.6 Å². The van der Waals surface area contributed by atoms with Gasteiger partial charge < -0.3 is 5.32 Å². The molecular weight excluding hydrogens is 369 g/mol. The molecule has 1 fully saturated rings. The maximum absolute atomic E-state index is 13.0. The first-order valence-electron chi connectivity index (χ1n) is 8.40. The van der Waals surface area contributed by atoms with Gasteiger partial charge in [0.15, 0.2) is 5.96 Å². The lowest BCUT2D eigenvalue weighted by molar-refractivity contribution is -0.137. The van der Waals surface area contributed by atoms with E-state index in [1.54, 1.807) is 31.2 Å². The van der Waals surface area contributed by atoms with Crippen LogP contribution in [0.3, 0.4) is 0 Å². The number of carbonyl (C=O) groups is 1. The summed E-state index contributed by atoms with van der Waals surface area (Å²) in [6, 6.07) is 13.1.